The lowest BCUT2D eigenvalue weighted by atomic mass is 10.1. The van der Waals surface area contributed by atoms with Crippen LogP contribution >= 0.6 is 0 Å². The van der Waals surface area contributed by atoms with Gasteiger partial charge in [0.05, 0.1) is 0 Å². The Morgan fingerprint density at radius 2 is 1.81 bits per heavy atom. The van der Waals surface area contributed by atoms with Gasteiger partial charge >= 0.3 is 0 Å². The molecule has 0 saturated carbocycles. The van der Waals surface area contributed by atoms with Crippen LogP contribution in [0.25, 0.3) is 0 Å². The number of aliphatic hydroxyl groups excluding tert-OH is 1. The molecule has 118 valence electrons. The van der Waals surface area contributed by atoms with Gasteiger partial charge in [0.25, 0.3) is 0 Å². The highest BCUT2D eigenvalue weighted by Crippen LogP contribution is 2.13. The highest BCUT2D eigenvalue weighted by Gasteiger charge is 2.17. The molecule has 1 atom stereocenters. The maximum Gasteiger partial charge on any atom is 0.119 e. The third-order valence-corrected chi connectivity index (χ3v) is 3.97. The van der Waals surface area contributed by atoms with E-state index in [0.717, 1.165) is 44.8 Å². The smallest absolute Gasteiger partial charge is 0.119 e. The molecule has 21 heavy (non-hydrogen) atoms. The zero-order valence-corrected chi connectivity index (χ0v) is 13.3. The molecule has 0 bridgehead atoms. The Morgan fingerprint density at radius 3 is 2.43 bits per heavy atom. The van der Waals surface area contributed by atoms with Crippen LogP contribution in [0.1, 0.15) is 18.9 Å². The van der Waals surface area contributed by atoms with E-state index in [-0.39, 0.29) is 0 Å². The monoisotopic (exact) mass is 292 g/mol. The number of nitrogens with zero attached hydrogens (tertiary/aromatic N) is 2. The molecule has 1 saturated heterocycles. The van der Waals surface area contributed by atoms with E-state index in [4.69, 9.17) is 4.74 Å². The number of ether oxygens (including phenoxy) is 1. The second-order valence-electron chi connectivity index (χ2n) is 5.96. The zero-order valence-electron chi connectivity index (χ0n) is 13.3. The molecule has 0 amide bonds. The topological polar surface area (TPSA) is 35.9 Å². The van der Waals surface area contributed by atoms with Gasteiger partial charge in [0, 0.05) is 32.7 Å². The van der Waals surface area contributed by atoms with Crippen LogP contribution in [0.5, 0.6) is 5.75 Å². The first-order chi connectivity index (χ1) is 10.2. The van der Waals surface area contributed by atoms with Crippen molar-refractivity contribution in [2.45, 2.75) is 25.9 Å². The molecule has 4 nitrogen and oxygen atoms in total. The summed E-state index contributed by atoms with van der Waals surface area (Å²) in [6.45, 7) is 7.44. The summed E-state index contributed by atoms with van der Waals surface area (Å²) in [6, 6.07) is 8.19. The lowest BCUT2D eigenvalue weighted by Gasteiger charge is -2.33. The van der Waals surface area contributed by atoms with Crippen molar-refractivity contribution in [1.29, 1.82) is 0 Å². The van der Waals surface area contributed by atoms with Crippen LogP contribution in [-0.4, -0.2) is 67.4 Å². The Hall–Kier alpha value is -1.10. The van der Waals surface area contributed by atoms with Crippen molar-refractivity contribution in [1.82, 2.24) is 9.80 Å². The average molecular weight is 292 g/mol. The second-order valence-corrected chi connectivity index (χ2v) is 5.96. The van der Waals surface area contributed by atoms with Gasteiger partial charge in [0.2, 0.25) is 0 Å². The van der Waals surface area contributed by atoms with Crippen LogP contribution in [0.2, 0.25) is 0 Å². The number of aliphatic hydroxyl groups is 1. The van der Waals surface area contributed by atoms with E-state index in [2.05, 4.69) is 35.9 Å². The van der Waals surface area contributed by atoms with Crippen LogP contribution in [0.15, 0.2) is 24.3 Å². The Labute approximate surface area is 128 Å². The van der Waals surface area contributed by atoms with Crippen molar-refractivity contribution >= 4 is 0 Å². The fourth-order valence-electron chi connectivity index (χ4n) is 2.61. The Kier molecular flexibility index (Phi) is 6.49. The third-order valence-electron chi connectivity index (χ3n) is 3.97. The molecule has 1 N–H and O–H groups in total. The summed E-state index contributed by atoms with van der Waals surface area (Å²) in [4.78, 5) is 4.62. The van der Waals surface area contributed by atoms with Gasteiger partial charge < -0.3 is 14.7 Å². The fourth-order valence-corrected chi connectivity index (χ4v) is 2.61. The van der Waals surface area contributed by atoms with E-state index in [1.807, 2.05) is 12.1 Å². The molecule has 1 aliphatic heterocycles. The zero-order chi connectivity index (χ0) is 15.1. The molecule has 4 heteroatoms. The highest BCUT2D eigenvalue weighted by atomic mass is 16.5. The molecule has 1 aromatic rings. The van der Waals surface area contributed by atoms with Gasteiger partial charge in [-0.2, -0.15) is 0 Å². The van der Waals surface area contributed by atoms with Crippen LogP contribution in [-0.2, 0) is 6.42 Å². The Bertz CT molecular complexity index is 400. The fraction of sp³-hybridized carbons (Fsp3) is 0.647. The lowest BCUT2D eigenvalue weighted by molar-refractivity contribution is 0.0505. The Morgan fingerprint density at radius 1 is 1.14 bits per heavy atom. The lowest BCUT2D eigenvalue weighted by Crippen LogP contribution is -2.47. The number of aryl methyl sites for hydroxylation is 1. The molecular weight excluding hydrogens is 264 g/mol. The van der Waals surface area contributed by atoms with E-state index in [0.29, 0.717) is 13.2 Å². The number of β-amino-alcohol motifs (C(OH)–C–C–N with tert-alkyl or cyclic N) is 1. The molecular formula is C17H28N2O2. The van der Waals surface area contributed by atoms with Crippen molar-refractivity contribution < 1.29 is 9.84 Å². The van der Waals surface area contributed by atoms with Gasteiger partial charge in [-0.1, -0.05) is 25.5 Å². The normalized spacial score (nSPS) is 18.6. The number of hydrogen-bond acceptors (Lipinski definition) is 4. The maximum atomic E-state index is 10.1. The Balaban J connectivity index is 1.69. The minimum atomic E-state index is -0.427. The summed E-state index contributed by atoms with van der Waals surface area (Å²) in [5.74, 6) is 0.840. The molecule has 2 rings (SSSR count). The van der Waals surface area contributed by atoms with Gasteiger partial charge in [-0.15, -0.1) is 0 Å². The number of piperazine rings is 1. The summed E-state index contributed by atoms with van der Waals surface area (Å²) in [5, 5.41) is 10.1. The molecule has 0 spiro atoms. The predicted molar refractivity (Wildman–Crippen MR) is 85.9 cm³/mol. The van der Waals surface area contributed by atoms with Crippen LogP contribution in [0.3, 0.4) is 0 Å². The highest BCUT2D eigenvalue weighted by molar-refractivity contribution is 5.27. The van der Waals surface area contributed by atoms with E-state index < -0.39 is 6.10 Å². The first-order valence-electron chi connectivity index (χ1n) is 7.98. The first-order valence-corrected chi connectivity index (χ1v) is 7.98. The van der Waals surface area contributed by atoms with E-state index >= 15 is 0 Å². The van der Waals surface area contributed by atoms with Crippen molar-refractivity contribution in [2.75, 3.05) is 46.4 Å². The van der Waals surface area contributed by atoms with Crippen LogP contribution in [0.4, 0.5) is 0 Å². The van der Waals surface area contributed by atoms with Crippen molar-refractivity contribution in [3.8, 4) is 5.75 Å². The molecule has 0 unspecified atom stereocenters. The molecule has 1 heterocycles. The molecule has 1 aliphatic rings. The van der Waals surface area contributed by atoms with Gasteiger partial charge in [-0.3, -0.25) is 4.90 Å². The summed E-state index contributed by atoms with van der Waals surface area (Å²) in [7, 11) is 2.14. The van der Waals surface area contributed by atoms with E-state index in [9.17, 15) is 5.11 Å². The first kappa shape index (κ1) is 16.3. The largest absolute Gasteiger partial charge is 0.491 e. The minimum absolute atomic E-state index is 0.361. The van der Waals surface area contributed by atoms with Gasteiger partial charge in [0.1, 0.15) is 18.5 Å². The maximum absolute atomic E-state index is 10.1. The molecule has 0 aromatic heterocycles. The summed E-state index contributed by atoms with van der Waals surface area (Å²) < 4.78 is 5.68. The van der Waals surface area contributed by atoms with E-state index in [1.54, 1.807) is 0 Å². The summed E-state index contributed by atoms with van der Waals surface area (Å²) in [5.41, 5.74) is 1.34. The number of hydrogen-bond donors (Lipinski definition) is 1. The number of likely N-dealkylation sites (N-methyl/N-ethyl adjacent to an activating group) is 1. The third kappa shape index (κ3) is 5.65. The standard InChI is InChI=1S/C17H28N2O2/c1-3-4-15-5-7-17(8-6-15)21-14-16(20)13-19-11-9-18(2)10-12-19/h5-8,16,20H,3-4,9-14H2,1-2H3/t16-/m0/s1. The molecule has 1 aromatic carbocycles. The van der Waals surface area contributed by atoms with E-state index in [1.165, 1.54) is 5.56 Å². The molecule has 0 radical (unpaired) electrons. The second kappa shape index (κ2) is 8.37. The van der Waals surface area contributed by atoms with Crippen LogP contribution in [0, 0.1) is 0 Å². The van der Waals surface area contributed by atoms with Gasteiger partial charge in [-0.05, 0) is 31.2 Å². The van der Waals surface area contributed by atoms with Crippen LogP contribution < -0.4 is 4.74 Å². The predicted octanol–water partition coefficient (Wildman–Crippen LogP) is 1.63. The SMILES string of the molecule is CCCc1ccc(OC[C@@H](O)CN2CCN(C)CC2)cc1. The number of benzene rings is 1. The number of rotatable bonds is 7. The molecule has 1 fully saturated rings. The van der Waals surface area contributed by atoms with Crippen molar-refractivity contribution in [2.24, 2.45) is 0 Å². The van der Waals surface area contributed by atoms with Gasteiger partial charge in [-0.25, -0.2) is 0 Å². The van der Waals surface area contributed by atoms with Crippen molar-refractivity contribution in [3.05, 3.63) is 29.8 Å². The van der Waals surface area contributed by atoms with Crippen molar-refractivity contribution in [3.63, 3.8) is 0 Å². The average Bonchev–Trinajstić information content (AvgIpc) is 2.49. The molecule has 0 aliphatic carbocycles. The summed E-state index contributed by atoms with van der Waals surface area (Å²) in [6.07, 6.45) is 1.83. The van der Waals surface area contributed by atoms with Gasteiger partial charge in [0.15, 0.2) is 0 Å². The minimum Gasteiger partial charge on any atom is -0.491 e. The summed E-state index contributed by atoms with van der Waals surface area (Å²) >= 11 is 0. The quantitative estimate of drug-likeness (QED) is 0.828.